The van der Waals surface area contributed by atoms with Gasteiger partial charge in [-0.05, 0) is 40.5 Å². The Bertz CT molecular complexity index is 444. The van der Waals surface area contributed by atoms with Crippen LogP contribution in [0.3, 0.4) is 0 Å². The van der Waals surface area contributed by atoms with Crippen molar-refractivity contribution in [1.82, 2.24) is 0 Å². The van der Waals surface area contributed by atoms with Gasteiger partial charge in [-0.15, -0.1) is 0 Å². The Morgan fingerprint density at radius 2 is 2.29 bits per heavy atom. The molecular formula is C12H15BrN2O2. The fraction of sp³-hybridized carbons (Fsp3) is 0.417. The van der Waals surface area contributed by atoms with Crippen molar-refractivity contribution in [2.75, 3.05) is 18.5 Å². The van der Waals surface area contributed by atoms with Gasteiger partial charge < -0.3 is 15.8 Å². The number of benzene rings is 1. The first-order valence-electron chi connectivity index (χ1n) is 5.41. The number of carbonyl (C=O) groups is 1. The predicted octanol–water partition coefficient (Wildman–Crippen LogP) is 1.81. The molecule has 3 N–H and O–H groups in total. The van der Waals surface area contributed by atoms with E-state index in [2.05, 4.69) is 21.2 Å². The van der Waals surface area contributed by atoms with E-state index in [-0.39, 0.29) is 12.3 Å². The van der Waals surface area contributed by atoms with E-state index in [9.17, 15) is 4.79 Å². The van der Waals surface area contributed by atoms with Crippen molar-refractivity contribution >= 4 is 27.5 Å². The maximum atomic E-state index is 11.8. The third-order valence-corrected chi connectivity index (χ3v) is 3.35. The van der Waals surface area contributed by atoms with E-state index >= 15 is 0 Å². The van der Waals surface area contributed by atoms with Crippen molar-refractivity contribution in [2.45, 2.75) is 18.9 Å². The summed E-state index contributed by atoms with van der Waals surface area (Å²) in [5.41, 5.74) is 7.34. The Kier molecular flexibility index (Phi) is 3.51. The molecule has 0 saturated carbocycles. The molecule has 0 aromatic heterocycles. The van der Waals surface area contributed by atoms with Crippen LogP contribution < -0.4 is 11.1 Å². The lowest BCUT2D eigenvalue weighted by atomic mass is 9.94. The van der Waals surface area contributed by atoms with Gasteiger partial charge in [-0.2, -0.15) is 0 Å². The monoisotopic (exact) mass is 298 g/mol. The molecule has 0 unspecified atom stereocenters. The molecule has 1 heterocycles. The Labute approximate surface area is 109 Å². The summed E-state index contributed by atoms with van der Waals surface area (Å²) in [5.74, 6) is -0.0830. The van der Waals surface area contributed by atoms with Crippen molar-refractivity contribution in [3.63, 3.8) is 0 Å². The fourth-order valence-corrected chi connectivity index (χ4v) is 2.29. The zero-order chi connectivity index (χ0) is 12.5. The summed E-state index contributed by atoms with van der Waals surface area (Å²) in [4.78, 5) is 11.8. The molecule has 17 heavy (non-hydrogen) atoms. The van der Waals surface area contributed by atoms with E-state index in [4.69, 9.17) is 10.5 Å². The summed E-state index contributed by atoms with van der Waals surface area (Å²) in [6.45, 7) is 2.90. The van der Waals surface area contributed by atoms with Crippen LogP contribution in [0, 0.1) is 6.92 Å². The van der Waals surface area contributed by atoms with Crippen LogP contribution in [0.2, 0.25) is 0 Å². The lowest BCUT2D eigenvalue weighted by Crippen LogP contribution is -2.58. The van der Waals surface area contributed by atoms with Crippen LogP contribution in [-0.4, -0.2) is 24.7 Å². The van der Waals surface area contributed by atoms with Gasteiger partial charge in [-0.1, -0.05) is 6.07 Å². The third kappa shape index (κ3) is 3.06. The lowest BCUT2D eigenvalue weighted by Gasteiger charge is -2.37. The summed E-state index contributed by atoms with van der Waals surface area (Å²) in [5, 5.41) is 2.84. The molecule has 1 saturated heterocycles. The average Bonchev–Trinajstić information content (AvgIpc) is 2.20. The predicted molar refractivity (Wildman–Crippen MR) is 69.9 cm³/mol. The zero-order valence-corrected chi connectivity index (χ0v) is 11.2. The average molecular weight is 299 g/mol. The van der Waals surface area contributed by atoms with Gasteiger partial charge in [0.05, 0.1) is 24.4 Å². The van der Waals surface area contributed by atoms with Gasteiger partial charge in [0.25, 0.3) is 0 Å². The highest BCUT2D eigenvalue weighted by Crippen LogP contribution is 2.24. The molecule has 1 amide bonds. The second-order valence-corrected chi connectivity index (χ2v) is 5.42. The van der Waals surface area contributed by atoms with Crippen molar-refractivity contribution in [1.29, 1.82) is 0 Å². The highest BCUT2D eigenvalue weighted by atomic mass is 79.9. The maximum absolute atomic E-state index is 11.8. The molecular weight excluding hydrogens is 284 g/mol. The van der Waals surface area contributed by atoms with Crippen LogP contribution in [0.5, 0.6) is 0 Å². The Morgan fingerprint density at radius 3 is 2.82 bits per heavy atom. The number of nitrogens with two attached hydrogens (primary N) is 1. The van der Waals surface area contributed by atoms with Gasteiger partial charge in [0.1, 0.15) is 0 Å². The Balaban J connectivity index is 1.98. The van der Waals surface area contributed by atoms with Gasteiger partial charge in [0, 0.05) is 10.9 Å². The summed E-state index contributed by atoms with van der Waals surface area (Å²) in [6, 6.07) is 5.78. The fourth-order valence-electron chi connectivity index (χ4n) is 1.70. The molecule has 0 radical (unpaired) electrons. The number of ether oxygens (including phenoxy) is 1. The number of amides is 1. The van der Waals surface area contributed by atoms with Gasteiger partial charge in [0.15, 0.2) is 0 Å². The summed E-state index contributed by atoms with van der Waals surface area (Å²) < 4.78 is 5.89. The molecule has 92 valence electrons. The van der Waals surface area contributed by atoms with E-state index in [1.807, 2.05) is 25.1 Å². The van der Waals surface area contributed by atoms with Crippen molar-refractivity contribution in [3.8, 4) is 0 Å². The first-order valence-corrected chi connectivity index (χ1v) is 6.20. The van der Waals surface area contributed by atoms with Crippen molar-refractivity contribution in [3.05, 3.63) is 28.2 Å². The topological polar surface area (TPSA) is 64.4 Å². The molecule has 0 bridgehead atoms. The van der Waals surface area contributed by atoms with Crippen molar-refractivity contribution in [2.24, 2.45) is 5.73 Å². The van der Waals surface area contributed by atoms with Crippen LogP contribution >= 0.6 is 15.9 Å². The SMILES string of the molecule is Cc1ccc(NC(=O)CC2(N)COC2)c(Br)c1. The minimum absolute atomic E-state index is 0.0830. The lowest BCUT2D eigenvalue weighted by molar-refractivity contribution is -0.123. The first-order chi connectivity index (χ1) is 7.98. The number of carbonyl (C=O) groups excluding carboxylic acids is 1. The standard InChI is InChI=1S/C12H15BrN2O2/c1-8-2-3-10(9(13)4-8)15-11(16)5-12(14)6-17-7-12/h2-4H,5-7,14H2,1H3,(H,15,16). The molecule has 1 fully saturated rings. The van der Waals surface area contributed by atoms with E-state index in [1.165, 1.54) is 0 Å². The van der Waals surface area contributed by atoms with Crippen LogP contribution in [0.4, 0.5) is 5.69 Å². The minimum atomic E-state index is -0.485. The van der Waals surface area contributed by atoms with Crippen molar-refractivity contribution < 1.29 is 9.53 Å². The number of hydrogen-bond donors (Lipinski definition) is 2. The molecule has 1 aromatic rings. The minimum Gasteiger partial charge on any atom is -0.377 e. The molecule has 0 aliphatic carbocycles. The molecule has 4 nitrogen and oxygen atoms in total. The van der Waals surface area contributed by atoms with E-state index in [0.717, 1.165) is 15.7 Å². The quantitative estimate of drug-likeness (QED) is 0.894. The van der Waals surface area contributed by atoms with Gasteiger partial charge >= 0.3 is 0 Å². The van der Waals surface area contributed by atoms with Crippen LogP contribution in [0.15, 0.2) is 22.7 Å². The number of rotatable bonds is 3. The third-order valence-electron chi connectivity index (χ3n) is 2.69. The smallest absolute Gasteiger partial charge is 0.226 e. The number of nitrogens with one attached hydrogen (secondary N) is 1. The molecule has 1 aliphatic rings. The normalized spacial score (nSPS) is 17.4. The molecule has 1 aromatic carbocycles. The first kappa shape index (κ1) is 12.5. The summed E-state index contributed by atoms with van der Waals surface area (Å²) >= 11 is 3.42. The number of aryl methyl sites for hydroxylation is 1. The van der Waals surface area contributed by atoms with E-state index in [0.29, 0.717) is 13.2 Å². The molecule has 2 rings (SSSR count). The van der Waals surface area contributed by atoms with Crippen LogP contribution in [0.1, 0.15) is 12.0 Å². The van der Waals surface area contributed by atoms with E-state index in [1.54, 1.807) is 0 Å². The van der Waals surface area contributed by atoms with Crippen LogP contribution in [0.25, 0.3) is 0 Å². The molecule has 0 atom stereocenters. The second-order valence-electron chi connectivity index (χ2n) is 4.56. The molecule has 5 heteroatoms. The summed E-state index contributed by atoms with van der Waals surface area (Å²) in [7, 11) is 0. The zero-order valence-electron chi connectivity index (χ0n) is 9.63. The Morgan fingerprint density at radius 1 is 1.59 bits per heavy atom. The van der Waals surface area contributed by atoms with Gasteiger partial charge in [-0.3, -0.25) is 4.79 Å². The molecule has 1 aliphatic heterocycles. The summed E-state index contributed by atoms with van der Waals surface area (Å²) in [6.07, 6.45) is 0.285. The van der Waals surface area contributed by atoms with Gasteiger partial charge in [-0.25, -0.2) is 0 Å². The van der Waals surface area contributed by atoms with Gasteiger partial charge in [0.2, 0.25) is 5.91 Å². The number of hydrogen-bond acceptors (Lipinski definition) is 3. The maximum Gasteiger partial charge on any atom is 0.226 e. The molecule has 0 spiro atoms. The highest BCUT2D eigenvalue weighted by Gasteiger charge is 2.36. The second kappa shape index (κ2) is 4.76. The Hall–Kier alpha value is -0.910. The largest absolute Gasteiger partial charge is 0.377 e. The van der Waals surface area contributed by atoms with E-state index < -0.39 is 5.54 Å². The highest BCUT2D eigenvalue weighted by molar-refractivity contribution is 9.10. The number of anilines is 1. The van der Waals surface area contributed by atoms with Crippen LogP contribution in [-0.2, 0) is 9.53 Å². The number of halogens is 1.